The minimum absolute atomic E-state index is 0.442. The van der Waals surface area contributed by atoms with Crippen LogP contribution in [-0.2, 0) is 6.54 Å². The fraction of sp³-hybridized carbons (Fsp3) is 0.471. The van der Waals surface area contributed by atoms with Gasteiger partial charge in [0.2, 0.25) is 0 Å². The van der Waals surface area contributed by atoms with Gasteiger partial charge in [0.25, 0.3) is 0 Å². The smallest absolute Gasteiger partial charge is 0.136 e. The van der Waals surface area contributed by atoms with Crippen LogP contribution in [-0.4, -0.2) is 24.1 Å². The molecule has 0 atom stereocenters. The summed E-state index contributed by atoms with van der Waals surface area (Å²) in [5.74, 6) is 1.09. The van der Waals surface area contributed by atoms with Gasteiger partial charge in [-0.2, -0.15) is 0 Å². The molecule has 1 aliphatic rings. The number of anilines is 1. The summed E-state index contributed by atoms with van der Waals surface area (Å²) in [5.41, 5.74) is 1.14. The van der Waals surface area contributed by atoms with Gasteiger partial charge in [-0.05, 0) is 38.1 Å². The molecule has 0 amide bonds. The van der Waals surface area contributed by atoms with E-state index in [4.69, 9.17) is 4.98 Å². The van der Waals surface area contributed by atoms with Crippen molar-refractivity contribution in [2.45, 2.75) is 45.3 Å². The maximum absolute atomic E-state index is 4.89. The highest BCUT2D eigenvalue weighted by Crippen LogP contribution is 2.27. The quantitative estimate of drug-likeness (QED) is 0.902. The van der Waals surface area contributed by atoms with Crippen molar-refractivity contribution in [3.8, 4) is 0 Å². The van der Waals surface area contributed by atoms with Gasteiger partial charge in [0.15, 0.2) is 0 Å². The number of benzene rings is 1. The van der Waals surface area contributed by atoms with Crippen LogP contribution in [0.5, 0.6) is 0 Å². The van der Waals surface area contributed by atoms with Gasteiger partial charge in [-0.1, -0.05) is 24.3 Å². The van der Waals surface area contributed by atoms with Gasteiger partial charge in [-0.3, -0.25) is 0 Å². The Morgan fingerprint density at radius 2 is 2.05 bits per heavy atom. The van der Waals surface area contributed by atoms with Crippen molar-refractivity contribution in [3.05, 3.63) is 36.0 Å². The number of rotatable bonds is 5. The van der Waals surface area contributed by atoms with Crippen LogP contribution in [0.3, 0.4) is 0 Å². The zero-order valence-corrected chi connectivity index (χ0v) is 12.6. The van der Waals surface area contributed by atoms with Crippen LogP contribution in [0.1, 0.15) is 32.4 Å². The number of nitrogens with zero attached hydrogens (tertiary/aromatic N) is 2. The van der Waals surface area contributed by atoms with Crippen molar-refractivity contribution < 1.29 is 0 Å². The van der Waals surface area contributed by atoms with Crippen molar-refractivity contribution in [2.75, 3.05) is 11.9 Å². The molecule has 1 N–H and O–H groups in total. The third-order valence-electron chi connectivity index (χ3n) is 4.03. The second kappa shape index (κ2) is 5.41. The Morgan fingerprint density at radius 1 is 1.30 bits per heavy atom. The third-order valence-corrected chi connectivity index (χ3v) is 4.03. The van der Waals surface area contributed by atoms with Gasteiger partial charge in [-0.15, -0.1) is 0 Å². The van der Waals surface area contributed by atoms with Crippen LogP contribution in [0.25, 0.3) is 10.8 Å². The van der Waals surface area contributed by atoms with Crippen molar-refractivity contribution in [1.29, 1.82) is 0 Å². The Bertz CT molecular complexity index is 602. The molecule has 0 radical (unpaired) electrons. The Labute approximate surface area is 121 Å². The van der Waals surface area contributed by atoms with Crippen molar-refractivity contribution in [3.63, 3.8) is 0 Å². The normalized spacial score (nSPS) is 15.0. The monoisotopic (exact) mass is 269 g/mol. The number of pyridine rings is 1. The summed E-state index contributed by atoms with van der Waals surface area (Å²) >= 11 is 0. The first-order valence-electron chi connectivity index (χ1n) is 7.50. The summed E-state index contributed by atoms with van der Waals surface area (Å²) in [5, 5.41) is 6.06. The predicted octanol–water partition coefficient (Wildman–Crippen LogP) is 3.33. The molecule has 1 fully saturated rings. The van der Waals surface area contributed by atoms with Crippen LogP contribution >= 0.6 is 0 Å². The zero-order chi connectivity index (χ0) is 14.1. The standard InChI is InChI=1S/C17H23N3/c1-12(2)20(3)17-16-7-5-4-6-13(16)10-15(19-17)11-18-14-8-9-14/h4-7,10,12,14,18H,8-9,11H2,1-3H3. The van der Waals surface area contributed by atoms with Gasteiger partial charge < -0.3 is 10.2 Å². The lowest BCUT2D eigenvalue weighted by molar-refractivity contribution is 0.671. The van der Waals surface area contributed by atoms with Gasteiger partial charge in [0, 0.05) is 31.1 Å². The molecule has 1 saturated carbocycles. The molecule has 3 rings (SSSR count). The highest BCUT2D eigenvalue weighted by atomic mass is 15.2. The first kappa shape index (κ1) is 13.4. The molecule has 0 unspecified atom stereocenters. The fourth-order valence-electron chi connectivity index (χ4n) is 2.37. The molecule has 0 bridgehead atoms. The maximum atomic E-state index is 4.89. The number of nitrogens with one attached hydrogen (secondary N) is 1. The summed E-state index contributed by atoms with van der Waals surface area (Å²) in [4.78, 5) is 7.14. The van der Waals surface area contributed by atoms with Crippen LogP contribution in [0.15, 0.2) is 30.3 Å². The zero-order valence-electron chi connectivity index (χ0n) is 12.6. The highest BCUT2D eigenvalue weighted by molar-refractivity contribution is 5.92. The lowest BCUT2D eigenvalue weighted by Crippen LogP contribution is -2.27. The van der Waals surface area contributed by atoms with E-state index in [9.17, 15) is 0 Å². The molecule has 2 aromatic rings. The lowest BCUT2D eigenvalue weighted by Gasteiger charge is -2.25. The molecule has 0 aliphatic heterocycles. The Morgan fingerprint density at radius 3 is 2.75 bits per heavy atom. The Balaban J connectivity index is 1.99. The van der Waals surface area contributed by atoms with Crippen molar-refractivity contribution in [1.82, 2.24) is 10.3 Å². The molecule has 1 aliphatic carbocycles. The Hall–Kier alpha value is -1.61. The molecule has 20 heavy (non-hydrogen) atoms. The fourth-order valence-corrected chi connectivity index (χ4v) is 2.37. The van der Waals surface area contributed by atoms with E-state index >= 15 is 0 Å². The molecule has 106 valence electrons. The average Bonchev–Trinajstić information content (AvgIpc) is 3.27. The van der Waals surface area contributed by atoms with Gasteiger partial charge in [-0.25, -0.2) is 4.98 Å². The molecular formula is C17H23N3. The van der Waals surface area contributed by atoms with E-state index in [-0.39, 0.29) is 0 Å². The topological polar surface area (TPSA) is 28.2 Å². The van der Waals surface area contributed by atoms with Gasteiger partial charge in [0.05, 0.1) is 5.69 Å². The first-order valence-corrected chi connectivity index (χ1v) is 7.50. The largest absolute Gasteiger partial charge is 0.357 e. The lowest BCUT2D eigenvalue weighted by atomic mass is 10.1. The summed E-state index contributed by atoms with van der Waals surface area (Å²) in [6.45, 7) is 5.27. The first-order chi connectivity index (χ1) is 9.65. The summed E-state index contributed by atoms with van der Waals surface area (Å²) in [6, 6.07) is 11.9. The van der Waals surface area contributed by atoms with E-state index in [1.807, 2.05) is 0 Å². The molecule has 1 aromatic carbocycles. The van der Waals surface area contributed by atoms with Crippen LogP contribution in [0, 0.1) is 0 Å². The van der Waals surface area contributed by atoms with Gasteiger partial charge >= 0.3 is 0 Å². The molecular weight excluding hydrogens is 246 g/mol. The summed E-state index contributed by atoms with van der Waals surface area (Å²) in [6.07, 6.45) is 2.62. The number of hydrogen-bond acceptors (Lipinski definition) is 3. The molecule has 1 aromatic heterocycles. The van der Waals surface area contributed by atoms with E-state index < -0.39 is 0 Å². The number of aromatic nitrogens is 1. The average molecular weight is 269 g/mol. The number of hydrogen-bond donors (Lipinski definition) is 1. The Kier molecular flexibility index (Phi) is 3.62. The van der Waals surface area contributed by atoms with Crippen molar-refractivity contribution in [2.24, 2.45) is 0 Å². The van der Waals surface area contributed by atoms with Crippen molar-refractivity contribution >= 4 is 16.6 Å². The minimum atomic E-state index is 0.442. The number of fused-ring (bicyclic) bond motifs is 1. The second-order valence-electron chi connectivity index (χ2n) is 6.02. The highest BCUT2D eigenvalue weighted by Gasteiger charge is 2.20. The molecule has 0 saturated heterocycles. The SMILES string of the molecule is CC(C)N(C)c1nc(CNC2CC2)cc2ccccc12. The molecule has 3 heteroatoms. The van der Waals surface area contributed by atoms with Gasteiger partial charge in [0.1, 0.15) is 5.82 Å². The maximum Gasteiger partial charge on any atom is 0.136 e. The second-order valence-corrected chi connectivity index (χ2v) is 6.02. The van der Waals surface area contributed by atoms with E-state index in [0.717, 1.165) is 24.1 Å². The van der Waals surface area contributed by atoms with Crippen LogP contribution < -0.4 is 10.2 Å². The van der Waals surface area contributed by atoms with E-state index in [1.54, 1.807) is 0 Å². The van der Waals surface area contributed by atoms with E-state index in [2.05, 4.69) is 61.4 Å². The van der Waals surface area contributed by atoms with E-state index in [0.29, 0.717) is 6.04 Å². The molecule has 1 heterocycles. The predicted molar refractivity (Wildman–Crippen MR) is 85.1 cm³/mol. The summed E-state index contributed by atoms with van der Waals surface area (Å²) < 4.78 is 0. The third kappa shape index (κ3) is 2.78. The minimum Gasteiger partial charge on any atom is -0.357 e. The summed E-state index contributed by atoms with van der Waals surface area (Å²) in [7, 11) is 2.12. The molecule has 0 spiro atoms. The van der Waals surface area contributed by atoms with Crippen LogP contribution in [0.4, 0.5) is 5.82 Å². The molecule has 3 nitrogen and oxygen atoms in total. The van der Waals surface area contributed by atoms with E-state index in [1.165, 1.54) is 23.6 Å². The van der Waals surface area contributed by atoms with Crippen LogP contribution in [0.2, 0.25) is 0 Å².